The molecule has 1 aromatic rings. The van der Waals surface area contributed by atoms with Gasteiger partial charge in [-0.3, -0.25) is 0 Å². The fourth-order valence-corrected chi connectivity index (χ4v) is 0.572. The molecule has 0 atom stereocenters. The minimum atomic E-state index is 0.0938. The molecule has 0 aliphatic rings. The molecule has 0 aromatic heterocycles. The highest BCUT2D eigenvalue weighted by atomic mass is 16.3. The molecule has 1 radical (unpaired) electrons. The van der Waals surface area contributed by atoms with Crippen molar-refractivity contribution in [3.05, 3.63) is 30.3 Å². The van der Waals surface area contributed by atoms with Crippen LogP contribution in [-0.2, 0) is 5.11 Å². The normalized spacial score (nSPS) is 8.50. The number of rotatable bonds is 2. The third-order valence-corrected chi connectivity index (χ3v) is 1.25. The average molecular weight is 167 g/mol. The Hall–Kier alpha value is -1.02. The standard InChI is InChI=1S/C6H6O.C4H9O/c7-6-4-2-1-3-5-6;1-2-3-4-5/h1-5,7H;2-4H2,1H3. The Bertz CT molecular complexity index is 170. The summed E-state index contributed by atoms with van der Waals surface area (Å²) in [6.45, 7) is 2.11. The van der Waals surface area contributed by atoms with Crippen LogP contribution in [0.5, 0.6) is 5.75 Å². The first-order valence-corrected chi connectivity index (χ1v) is 4.13. The van der Waals surface area contributed by atoms with Crippen molar-refractivity contribution in [2.24, 2.45) is 0 Å². The van der Waals surface area contributed by atoms with E-state index in [0.29, 0.717) is 5.75 Å². The summed E-state index contributed by atoms with van der Waals surface area (Å²) >= 11 is 0. The second-order valence-electron chi connectivity index (χ2n) is 2.39. The van der Waals surface area contributed by atoms with E-state index in [0.717, 1.165) is 12.8 Å². The van der Waals surface area contributed by atoms with Gasteiger partial charge in [0.05, 0.1) is 6.61 Å². The lowest BCUT2D eigenvalue weighted by Gasteiger charge is -1.82. The zero-order valence-electron chi connectivity index (χ0n) is 7.36. The van der Waals surface area contributed by atoms with E-state index in [9.17, 15) is 5.11 Å². The Morgan fingerprint density at radius 2 is 1.83 bits per heavy atom. The summed E-state index contributed by atoms with van der Waals surface area (Å²) in [5.41, 5.74) is 0. The van der Waals surface area contributed by atoms with Crippen molar-refractivity contribution in [3.63, 3.8) is 0 Å². The van der Waals surface area contributed by atoms with E-state index < -0.39 is 0 Å². The molecular weight excluding hydrogens is 152 g/mol. The molecule has 1 rings (SSSR count). The van der Waals surface area contributed by atoms with Crippen LogP contribution in [0.2, 0.25) is 0 Å². The van der Waals surface area contributed by atoms with Gasteiger partial charge >= 0.3 is 0 Å². The van der Waals surface area contributed by atoms with Gasteiger partial charge in [0.25, 0.3) is 0 Å². The van der Waals surface area contributed by atoms with Gasteiger partial charge in [-0.05, 0) is 18.6 Å². The molecule has 2 heteroatoms. The first kappa shape index (κ1) is 11.0. The van der Waals surface area contributed by atoms with Crippen molar-refractivity contribution < 1.29 is 10.2 Å². The van der Waals surface area contributed by atoms with Gasteiger partial charge in [0.2, 0.25) is 0 Å². The number of aromatic hydroxyl groups is 1. The van der Waals surface area contributed by atoms with Crippen LogP contribution < -0.4 is 0 Å². The van der Waals surface area contributed by atoms with Crippen molar-refractivity contribution >= 4 is 0 Å². The molecule has 0 heterocycles. The maximum atomic E-state index is 9.53. The van der Waals surface area contributed by atoms with Gasteiger partial charge in [0.15, 0.2) is 0 Å². The number of unbranched alkanes of at least 4 members (excludes halogenated alkanes) is 1. The summed E-state index contributed by atoms with van der Waals surface area (Å²) in [4.78, 5) is 0. The Morgan fingerprint density at radius 3 is 2.00 bits per heavy atom. The van der Waals surface area contributed by atoms with E-state index in [1.165, 1.54) is 0 Å². The average Bonchev–Trinajstić information content (AvgIpc) is 2.08. The second-order valence-corrected chi connectivity index (χ2v) is 2.39. The summed E-state index contributed by atoms with van der Waals surface area (Å²) < 4.78 is 0. The predicted molar refractivity (Wildman–Crippen MR) is 48.6 cm³/mol. The molecule has 0 unspecified atom stereocenters. The Kier molecular flexibility index (Phi) is 7.39. The first-order chi connectivity index (χ1) is 5.81. The monoisotopic (exact) mass is 167 g/mol. The molecule has 0 amide bonds. The number of phenols is 1. The second kappa shape index (κ2) is 8.08. The van der Waals surface area contributed by atoms with Crippen LogP contribution in [0.25, 0.3) is 0 Å². The minimum absolute atomic E-state index is 0.0938. The van der Waals surface area contributed by atoms with Gasteiger partial charge in [-0.2, -0.15) is 0 Å². The predicted octanol–water partition coefficient (Wildman–Crippen LogP) is 2.61. The summed E-state index contributed by atoms with van der Waals surface area (Å²) in [6, 6.07) is 8.71. The van der Waals surface area contributed by atoms with Crippen LogP contribution in [-0.4, -0.2) is 11.7 Å². The first-order valence-electron chi connectivity index (χ1n) is 4.13. The Morgan fingerprint density at radius 1 is 1.25 bits per heavy atom. The molecule has 0 bridgehead atoms. The topological polar surface area (TPSA) is 40.1 Å². The molecule has 0 fully saturated rings. The van der Waals surface area contributed by atoms with Gasteiger partial charge in [-0.15, -0.1) is 0 Å². The highest BCUT2D eigenvalue weighted by Gasteiger charge is 1.74. The van der Waals surface area contributed by atoms with Crippen molar-refractivity contribution in [1.29, 1.82) is 0 Å². The molecule has 1 aromatic carbocycles. The molecule has 12 heavy (non-hydrogen) atoms. The lowest BCUT2D eigenvalue weighted by molar-refractivity contribution is 0.188. The minimum Gasteiger partial charge on any atom is -0.508 e. The van der Waals surface area contributed by atoms with Gasteiger partial charge < -0.3 is 5.11 Å². The van der Waals surface area contributed by atoms with Crippen LogP contribution in [0.3, 0.4) is 0 Å². The fraction of sp³-hybridized carbons (Fsp3) is 0.400. The fourth-order valence-electron chi connectivity index (χ4n) is 0.572. The van der Waals surface area contributed by atoms with Crippen LogP contribution in [0, 0.1) is 0 Å². The van der Waals surface area contributed by atoms with E-state index in [-0.39, 0.29) is 6.61 Å². The number of hydrogen-bond acceptors (Lipinski definition) is 1. The molecule has 1 N–H and O–H groups in total. The molecule has 67 valence electrons. The van der Waals surface area contributed by atoms with E-state index in [1.54, 1.807) is 24.3 Å². The zero-order chi connectivity index (χ0) is 9.23. The van der Waals surface area contributed by atoms with Gasteiger partial charge in [-0.25, -0.2) is 5.11 Å². The smallest absolute Gasteiger partial charge is 0.115 e. The molecule has 2 nitrogen and oxygen atoms in total. The summed E-state index contributed by atoms with van der Waals surface area (Å²) in [6.07, 6.45) is 1.86. The third kappa shape index (κ3) is 7.09. The SMILES string of the molecule is CCCC[O].Oc1ccccc1. The van der Waals surface area contributed by atoms with Crippen LogP contribution in [0.1, 0.15) is 19.8 Å². The maximum absolute atomic E-state index is 9.53. The quantitative estimate of drug-likeness (QED) is 0.722. The highest BCUT2D eigenvalue weighted by molar-refractivity contribution is 5.18. The number of phenolic OH excluding ortho intramolecular Hbond substituents is 1. The Labute approximate surface area is 73.5 Å². The zero-order valence-corrected chi connectivity index (χ0v) is 7.36. The van der Waals surface area contributed by atoms with E-state index in [4.69, 9.17) is 5.11 Å². The van der Waals surface area contributed by atoms with E-state index in [1.807, 2.05) is 13.0 Å². The highest BCUT2D eigenvalue weighted by Crippen LogP contribution is 2.02. The molecule has 0 aliphatic heterocycles. The van der Waals surface area contributed by atoms with Crippen molar-refractivity contribution in [3.8, 4) is 5.75 Å². The van der Waals surface area contributed by atoms with Crippen LogP contribution in [0.15, 0.2) is 30.3 Å². The van der Waals surface area contributed by atoms with Crippen LogP contribution >= 0.6 is 0 Å². The molecule has 0 aliphatic carbocycles. The maximum Gasteiger partial charge on any atom is 0.115 e. The summed E-state index contributed by atoms with van der Waals surface area (Å²) in [5.74, 6) is 0.322. The third-order valence-electron chi connectivity index (χ3n) is 1.25. The van der Waals surface area contributed by atoms with Crippen molar-refractivity contribution in [1.82, 2.24) is 0 Å². The number of para-hydroxylation sites is 1. The molecule has 0 saturated heterocycles. The van der Waals surface area contributed by atoms with Crippen LogP contribution in [0.4, 0.5) is 0 Å². The molecular formula is C10H15O2. The van der Waals surface area contributed by atoms with E-state index >= 15 is 0 Å². The number of benzene rings is 1. The van der Waals surface area contributed by atoms with Gasteiger partial charge in [-0.1, -0.05) is 31.5 Å². The largest absolute Gasteiger partial charge is 0.508 e. The molecule has 0 saturated carbocycles. The summed E-state index contributed by atoms with van der Waals surface area (Å²) in [5, 5.41) is 18.2. The lowest BCUT2D eigenvalue weighted by atomic mass is 10.3. The van der Waals surface area contributed by atoms with Gasteiger partial charge in [0, 0.05) is 0 Å². The van der Waals surface area contributed by atoms with Crippen molar-refractivity contribution in [2.75, 3.05) is 6.61 Å². The summed E-state index contributed by atoms with van der Waals surface area (Å²) in [7, 11) is 0. The van der Waals surface area contributed by atoms with E-state index in [2.05, 4.69) is 0 Å². The number of hydrogen-bond donors (Lipinski definition) is 1. The molecule has 0 spiro atoms. The Balaban J connectivity index is 0.000000217. The lowest BCUT2D eigenvalue weighted by Crippen LogP contribution is -1.72. The van der Waals surface area contributed by atoms with Gasteiger partial charge in [0.1, 0.15) is 5.75 Å². The van der Waals surface area contributed by atoms with Crippen molar-refractivity contribution in [2.45, 2.75) is 19.8 Å².